The van der Waals surface area contributed by atoms with Gasteiger partial charge >= 0.3 is 11.9 Å². The molecule has 0 aliphatic heterocycles. The molecule has 0 aromatic carbocycles. The topological polar surface area (TPSA) is 82.1 Å². The Hall–Kier alpha value is -1.40. The van der Waals surface area contributed by atoms with E-state index in [4.69, 9.17) is 14.2 Å². The van der Waals surface area contributed by atoms with Crippen LogP contribution < -0.4 is 0 Å². The largest absolute Gasteiger partial charge is 0.481 e. The number of carboxylic acids is 1. The van der Waals surface area contributed by atoms with Gasteiger partial charge in [-0.05, 0) is 33.6 Å². The van der Waals surface area contributed by atoms with Crippen molar-refractivity contribution in [3.8, 4) is 0 Å². The summed E-state index contributed by atoms with van der Waals surface area (Å²) in [6.45, 7) is 6.08. The van der Waals surface area contributed by atoms with E-state index < -0.39 is 23.0 Å². The van der Waals surface area contributed by atoms with E-state index in [1.807, 2.05) is 0 Å². The Kier molecular flexibility index (Phi) is 7.22. The van der Waals surface area contributed by atoms with Crippen molar-refractivity contribution in [1.82, 2.24) is 0 Å². The third kappa shape index (κ3) is 6.31. The van der Waals surface area contributed by atoms with E-state index in [9.17, 15) is 14.7 Å². The molecule has 1 N–H and O–H groups in total. The molecule has 6 nitrogen and oxygen atoms in total. The average molecular weight is 328 g/mol. The van der Waals surface area contributed by atoms with Crippen LogP contribution in [0.3, 0.4) is 0 Å². The van der Waals surface area contributed by atoms with Crippen molar-refractivity contribution < 1.29 is 28.9 Å². The quantitative estimate of drug-likeness (QED) is 0.419. The molecule has 0 unspecified atom stereocenters. The monoisotopic (exact) mass is 328 g/mol. The van der Waals surface area contributed by atoms with E-state index in [1.54, 1.807) is 34.0 Å². The fourth-order valence-electron chi connectivity index (χ4n) is 2.59. The molecule has 0 atom stereocenters. The lowest BCUT2D eigenvalue weighted by Gasteiger charge is -2.24. The smallest absolute Gasteiger partial charge is 0.336 e. The first kappa shape index (κ1) is 19.6. The van der Waals surface area contributed by atoms with Crippen LogP contribution in [-0.4, -0.2) is 49.6 Å². The third-order valence-electron chi connectivity index (χ3n) is 3.72. The van der Waals surface area contributed by atoms with Crippen molar-refractivity contribution >= 4 is 11.9 Å². The molecule has 6 heteroatoms. The maximum absolute atomic E-state index is 12.4. The molecule has 1 fully saturated rings. The van der Waals surface area contributed by atoms with Gasteiger partial charge < -0.3 is 19.3 Å². The van der Waals surface area contributed by atoms with Crippen LogP contribution in [0.25, 0.3) is 0 Å². The molecule has 0 amide bonds. The van der Waals surface area contributed by atoms with E-state index in [1.165, 1.54) is 0 Å². The molecule has 1 aliphatic carbocycles. The Morgan fingerprint density at radius 3 is 2.26 bits per heavy atom. The molecule has 0 saturated heterocycles. The molecule has 1 aliphatic rings. The standard InChI is InChI=1S/C17H28O6/c1-16(2,3)23-14(18)13(12-22-10-9-21-4)11-17(15(19)20)7-5-6-8-17/h11H,5-10,12H2,1-4H3,(H,19,20)/b13-11-. The second kappa shape index (κ2) is 8.45. The van der Waals surface area contributed by atoms with E-state index in [0.29, 0.717) is 26.1 Å². The molecular formula is C17H28O6. The normalized spacial score (nSPS) is 18.0. The maximum Gasteiger partial charge on any atom is 0.336 e. The number of ether oxygens (including phenoxy) is 3. The minimum Gasteiger partial charge on any atom is -0.481 e. The fourth-order valence-corrected chi connectivity index (χ4v) is 2.59. The summed E-state index contributed by atoms with van der Waals surface area (Å²) in [5.74, 6) is -1.42. The Morgan fingerprint density at radius 1 is 1.17 bits per heavy atom. The van der Waals surface area contributed by atoms with E-state index in [2.05, 4.69) is 0 Å². The molecular weight excluding hydrogens is 300 g/mol. The average Bonchev–Trinajstić information content (AvgIpc) is 2.90. The summed E-state index contributed by atoms with van der Waals surface area (Å²) in [6.07, 6.45) is 4.30. The van der Waals surface area contributed by atoms with Gasteiger partial charge in [-0.25, -0.2) is 4.79 Å². The highest BCUT2D eigenvalue weighted by molar-refractivity contribution is 5.91. The molecule has 1 saturated carbocycles. The van der Waals surface area contributed by atoms with Crippen molar-refractivity contribution in [2.45, 2.75) is 52.1 Å². The molecule has 23 heavy (non-hydrogen) atoms. The summed E-state index contributed by atoms with van der Waals surface area (Å²) in [5.41, 5.74) is -1.37. The number of aliphatic carboxylic acids is 1. The number of rotatable bonds is 8. The first-order valence-electron chi connectivity index (χ1n) is 7.95. The van der Waals surface area contributed by atoms with Crippen molar-refractivity contribution in [3.05, 3.63) is 11.6 Å². The Morgan fingerprint density at radius 2 is 1.78 bits per heavy atom. The maximum atomic E-state index is 12.4. The first-order chi connectivity index (χ1) is 10.7. The van der Waals surface area contributed by atoms with Crippen LogP contribution in [0.4, 0.5) is 0 Å². The lowest BCUT2D eigenvalue weighted by atomic mass is 9.84. The van der Waals surface area contributed by atoms with Gasteiger partial charge in [0.1, 0.15) is 5.60 Å². The molecule has 1 rings (SSSR count). The van der Waals surface area contributed by atoms with Gasteiger partial charge in [0.05, 0.1) is 30.8 Å². The Balaban J connectivity index is 2.94. The molecule has 132 valence electrons. The van der Waals surface area contributed by atoms with Gasteiger partial charge in [-0.1, -0.05) is 18.9 Å². The highest BCUT2D eigenvalue weighted by Gasteiger charge is 2.40. The van der Waals surface area contributed by atoms with E-state index in [0.717, 1.165) is 12.8 Å². The van der Waals surface area contributed by atoms with Crippen LogP contribution in [-0.2, 0) is 23.8 Å². The lowest BCUT2D eigenvalue weighted by molar-refractivity contribution is -0.150. The molecule has 0 bridgehead atoms. The number of hydrogen-bond donors (Lipinski definition) is 1. The van der Waals surface area contributed by atoms with Gasteiger partial charge in [0, 0.05) is 7.11 Å². The predicted molar refractivity (Wildman–Crippen MR) is 85.2 cm³/mol. The second-order valence-corrected chi connectivity index (χ2v) is 6.89. The number of carboxylic acid groups (broad SMARTS) is 1. The molecule has 0 heterocycles. The van der Waals surface area contributed by atoms with Crippen molar-refractivity contribution in [1.29, 1.82) is 0 Å². The number of carbonyl (C=O) groups is 2. The summed E-state index contributed by atoms with van der Waals surface area (Å²) in [5, 5.41) is 9.58. The van der Waals surface area contributed by atoms with Crippen LogP contribution >= 0.6 is 0 Å². The molecule has 0 aromatic heterocycles. The predicted octanol–water partition coefficient (Wildman–Crippen LogP) is 2.56. The Bertz CT molecular complexity index is 440. The van der Waals surface area contributed by atoms with Crippen molar-refractivity contribution in [3.63, 3.8) is 0 Å². The summed E-state index contributed by atoms with van der Waals surface area (Å²) in [7, 11) is 1.56. The molecule has 0 aromatic rings. The number of esters is 1. The summed E-state index contributed by atoms with van der Waals surface area (Å²) >= 11 is 0. The van der Waals surface area contributed by atoms with Crippen LogP contribution in [0.5, 0.6) is 0 Å². The van der Waals surface area contributed by atoms with Crippen LogP contribution in [0.2, 0.25) is 0 Å². The number of carbonyl (C=O) groups excluding carboxylic acids is 1. The second-order valence-electron chi connectivity index (χ2n) is 6.89. The summed E-state index contributed by atoms with van der Waals surface area (Å²) < 4.78 is 15.7. The fraction of sp³-hybridized carbons (Fsp3) is 0.765. The van der Waals surface area contributed by atoms with Gasteiger partial charge in [-0.2, -0.15) is 0 Å². The third-order valence-corrected chi connectivity index (χ3v) is 3.72. The van der Waals surface area contributed by atoms with Crippen molar-refractivity contribution in [2.75, 3.05) is 26.9 Å². The summed E-state index contributed by atoms with van der Waals surface area (Å²) in [4.78, 5) is 24.1. The van der Waals surface area contributed by atoms with Gasteiger partial charge in [-0.3, -0.25) is 4.79 Å². The minimum absolute atomic E-state index is 0.0211. The Labute approximate surface area is 137 Å². The zero-order valence-electron chi connectivity index (χ0n) is 14.5. The van der Waals surface area contributed by atoms with E-state index in [-0.39, 0.29) is 12.2 Å². The number of hydrogen-bond acceptors (Lipinski definition) is 5. The van der Waals surface area contributed by atoms with Crippen molar-refractivity contribution in [2.24, 2.45) is 5.41 Å². The van der Waals surface area contributed by atoms with E-state index >= 15 is 0 Å². The SMILES string of the molecule is COCCOC/C(=C/C1(C(=O)O)CCCC1)C(=O)OC(C)(C)C. The van der Waals surface area contributed by atoms with Crippen LogP contribution in [0.15, 0.2) is 11.6 Å². The van der Waals surface area contributed by atoms with Gasteiger partial charge in [-0.15, -0.1) is 0 Å². The zero-order chi connectivity index (χ0) is 17.5. The highest BCUT2D eigenvalue weighted by atomic mass is 16.6. The molecule has 0 spiro atoms. The van der Waals surface area contributed by atoms with Gasteiger partial charge in [0.15, 0.2) is 0 Å². The molecule has 0 radical (unpaired) electrons. The van der Waals surface area contributed by atoms with Crippen LogP contribution in [0, 0.1) is 5.41 Å². The summed E-state index contributed by atoms with van der Waals surface area (Å²) in [6, 6.07) is 0. The van der Waals surface area contributed by atoms with Crippen LogP contribution in [0.1, 0.15) is 46.5 Å². The highest BCUT2D eigenvalue weighted by Crippen LogP contribution is 2.40. The first-order valence-corrected chi connectivity index (χ1v) is 7.95. The van der Waals surface area contributed by atoms with Gasteiger partial charge in [0.25, 0.3) is 0 Å². The number of methoxy groups -OCH3 is 1. The van der Waals surface area contributed by atoms with Gasteiger partial charge in [0.2, 0.25) is 0 Å². The lowest BCUT2D eigenvalue weighted by Crippen LogP contribution is -2.30. The minimum atomic E-state index is -0.989. The zero-order valence-corrected chi connectivity index (χ0v) is 14.5.